The minimum Gasteiger partial charge on any atom is -0.308 e. The Balaban J connectivity index is 1.57. The minimum absolute atomic E-state index is 0.0955. The van der Waals surface area contributed by atoms with Gasteiger partial charge in [-0.15, -0.1) is 0 Å². The molecule has 0 radical (unpaired) electrons. The molecule has 3 aromatic heterocycles. The molecule has 4 aromatic rings. The van der Waals surface area contributed by atoms with Gasteiger partial charge >= 0.3 is 0 Å². The van der Waals surface area contributed by atoms with Crippen LogP contribution in [0.15, 0.2) is 61.2 Å². The lowest BCUT2D eigenvalue weighted by Crippen LogP contribution is -2.46. The van der Waals surface area contributed by atoms with E-state index in [2.05, 4.69) is 10.1 Å². The molecule has 9 heteroatoms. The number of hydrogen-bond acceptors (Lipinski definition) is 4. The van der Waals surface area contributed by atoms with E-state index in [1.165, 1.54) is 33.8 Å². The van der Waals surface area contributed by atoms with Crippen molar-refractivity contribution in [2.24, 2.45) is 5.73 Å². The second-order valence-corrected chi connectivity index (χ2v) is 6.84. The van der Waals surface area contributed by atoms with Gasteiger partial charge in [0.15, 0.2) is 0 Å². The number of nitrogens with zero attached hydrogens (tertiary/aromatic N) is 5. The lowest BCUT2D eigenvalue weighted by molar-refractivity contribution is 0.0952. The lowest BCUT2D eigenvalue weighted by Gasteiger charge is -2.32. The van der Waals surface area contributed by atoms with E-state index >= 15 is 0 Å². The number of alkyl halides is 2. The highest BCUT2D eigenvalue weighted by molar-refractivity contribution is 6.09. The molecular weight excluding hydrogens is 378 g/mol. The van der Waals surface area contributed by atoms with Gasteiger partial charge in [0.1, 0.15) is 17.5 Å². The maximum Gasteiger partial charge on any atom is 0.277 e. The molecule has 1 amide bonds. The van der Waals surface area contributed by atoms with Crippen LogP contribution in [0.3, 0.4) is 0 Å². The highest BCUT2D eigenvalue weighted by Gasteiger charge is 2.34. The van der Waals surface area contributed by atoms with Gasteiger partial charge in [-0.1, -0.05) is 12.1 Å². The molecule has 146 valence electrons. The molecule has 0 spiro atoms. The number of hydrogen-bond donors (Lipinski definition) is 1. The van der Waals surface area contributed by atoms with Crippen molar-refractivity contribution in [2.45, 2.75) is 12.6 Å². The number of aromatic nitrogens is 4. The quantitative estimate of drug-likeness (QED) is 0.578. The van der Waals surface area contributed by atoms with Crippen molar-refractivity contribution in [3.8, 4) is 11.1 Å². The van der Waals surface area contributed by atoms with Gasteiger partial charge in [-0.05, 0) is 24.3 Å². The van der Waals surface area contributed by atoms with Crippen LogP contribution in [0.5, 0.6) is 0 Å². The number of rotatable bonds is 3. The van der Waals surface area contributed by atoms with E-state index in [-0.39, 0.29) is 18.0 Å². The van der Waals surface area contributed by atoms with Crippen LogP contribution in [0, 0.1) is 0 Å². The van der Waals surface area contributed by atoms with Crippen LogP contribution in [0.1, 0.15) is 28.6 Å². The fourth-order valence-corrected chi connectivity index (χ4v) is 3.62. The van der Waals surface area contributed by atoms with Crippen LogP contribution in [0.2, 0.25) is 0 Å². The number of halogens is 2. The molecule has 29 heavy (non-hydrogen) atoms. The molecule has 0 unspecified atom stereocenters. The Morgan fingerprint density at radius 2 is 1.93 bits per heavy atom. The molecule has 0 aliphatic carbocycles. The van der Waals surface area contributed by atoms with Gasteiger partial charge in [-0.2, -0.15) is 5.10 Å². The monoisotopic (exact) mass is 394 g/mol. The largest absolute Gasteiger partial charge is 0.308 e. The Hall–Kier alpha value is -3.59. The number of nitrogens with two attached hydrogens (primary N) is 1. The van der Waals surface area contributed by atoms with Crippen molar-refractivity contribution in [3.63, 3.8) is 0 Å². The van der Waals surface area contributed by atoms with Crippen LogP contribution in [0.25, 0.3) is 16.8 Å². The summed E-state index contributed by atoms with van der Waals surface area (Å²) in [5.74, 6) is -0.283. The lowest BCUT2D eigenvalue weighted by atomic mass is 10.1. The number of anilines is 1. The van der Waals surface area contributed by atoms with E-state index in [1.807, 2.05) is 28.9 Å². The van der Waals surface area contributed by atoms with Crippen molar-refractivity contribution in [3.05, 3.63) is 72.4 Å². The highest BCUT2D eigenvalue weighted by Crippen LogP contribution is 2.32. The second kappa shape index (κ2) is 6.49. The third kappa shape index (κ3) is 2.78. The average Bonchev–Trinajstić information content (AvgIpc) is 3.37. The zero-order valence-corrected chi connectivity index (χ0v) is 15.1. The molecular formula is C20H16F2N6O. The first-order valence-electron chi connectivity index (χ1n) is 8.99. The SMILES string of the molecule is N[C@H]1CN(c2ccc(C(F)F)cc2)C(=O)c2c(-c3ccc4nccn4c3)cnn21. The molecule has 0 fully saturated rings. The summed E-state index contributed by atoms with van der Waals surface area (Å²) in [7, 11) is 0. The van der Waals surface area contributed by atoms with Crippen molar-refractivity contribution in [1.82, 2.24) is 19.2 Å². The molecule has 0 bridgehead atoms. The first-order valence-corrected chi connectivity index (χ1v) is 8.99. The van der Waals surface area contributed by atoms with Crippen LogP contribution in [-0.2, 0) is 0 Å². The number of fused-ring (bicyclic) bond motifs is 2. The van der Waals surface area contributed by atoms with Crippen molar-refractivity contribution < 1.29 is 13.6 Å². The maximum absolute atomic E-state index is 13.3. The van der Waals surface area contributed by atoms with E-state index in [4.69, 9.17) is 5.73 Å². The third-order valence-corrected chi connectivity index (χ3v) is 5.08. The predicted octanol–water partition coefficient (Wildman–Crippen LogP) is 3.25. The van der Waals surface area contributed by atoms with Crippen molar-refractivity contribution >= 4 is 17.2 Å². The Kier molecular flexibility index (Phi) is 3.92. The normalized spacial score (nSPS) is 16.6. The fourth-order valence-electron chi connectivity index (χ4n) is 3.62. The molecule has 1 atom stereocenters. The number of amides is 1. The summed E-state index contributed by atoms with van der Waals surface area (Å²) in [4.78, 5) is 19.0. The molecule has 0 saturated carbocycles. The van der Waals surface area contributed by atoms with Gasteiger partial charge < -0.3 is 15.0 Å². The first-order chi connectivity index (χ1) is 14.0. The Morgan fingerprint density at radius 1 is 1.14 bits per heavy atom. The van der Waals surface area contributed by atoms with Crippen molar-refractivity contribution in [2.75, 3.05) is 11.4 Å². The number of carbonyl (C=O) groups excluding carboxylic acids is 1. The molecule has 1 aliphatic heterocycles. The third-order valence-electron chi connectivity index (χ3n) is 5.08. The summed E-state index contributed by atoms with van der Waals surface area (Å²) in [5, 5.41) is 4.32. The Labute approximate surface area is 164 Å². The summed E-state index contributed by atoms with van der Waals surface area (Å²) in [6.45, 7) is 0.196. The molecule has 0 saturated heterocycles. The molecule has 4 heterocycles. The van der Waals surface area contributed by atoms with E-state index in [1.54, 1.807) is 12.4 Å². The van der Waals surface area contributed by atoms with Crippen LogP contribution in [0.4, 0.5) is 14.5 Å². The molecule has 7 nitrogen and oxygen atoms in total. The Morgan fingerprint density at radius 3 is 2.69 bits per heavy atom. The van der Waals surface area contributed by atoms with Gasteiger partial charge in [-0.3, -0.25) is 4.79 Å². The van der Waals surface area contributed by atoms with Gasteiger partial charge in [-0.25, -0.2) is 18.4 Å². The number of benzene rings is 1. The molecule has 5 rings (SSSR count). The summed E-state index contributed by atoms with van der Waals surface area (Å²) < 4.78 is 29.1. The van der Waals surface area contributed by atoms with Crippen LogP contribution in [-0.4, -0.2) is 31.6 Å². The standard InChI is InChI=1S/C20H16F2N6O/c21-19(22)12-1-4-14(5-2-12)27-11-16(23)28-18(20(27)29)15(9-25-28)13-3-6-17-24-7-8-26(17)10-13/h1-10,16,19H,11,23H2/t16-/m1/s1. The van der Waals surface area contributed by atoms with Crippen molar-refractivity contribution in [1.29, 1.82) is 0 Å². The summed E-state index contributed by atoms with van der Waals surface area (Å²) in [5.41, 5.74) is 9.27. The van der Waals surface area contributed by atoms with E-state index in [0.29, 0.717) is 16.9 Å². The smallest absolute Gasteiger partial charge is 0.277 e. The topological polar surface area (TPSA) is 81.4 Å². The number of imidazole rings is 1. The van der Waals surface area contributed by atoms with Gasteiger partial charge in [0.25, 0.3) is 12.3 Å². The fraction of sp³-hybridized carbons (Fsp3) is 0.150. The van der Waals surface area contributed by atoms with E-state index < -0.39 is 12.6 Å². The first kappa shape index (κ1) is 17.5. The van der Waals surface area contributed by atoms with Gasteiger partial charge in [0.2, 0.25) is 0 Å². The minimum atomic E-state index is -2.56. The second-order valence-electron chi connectivity index (χ2n) is 6.84. The Bertz CT molecular complexity index is 1210. The molecule has 2 N–H and O–H groups in total. The summed E-state index contributed by atoms with van der Waals surface area (Å²) in [6, 6.07) is 9.38. The molecule has 1 aliphatic rings. The van der Waals surface area contributed by atoms with Crippen LogP contribution >= 0.6 is 0 Å². The average molecular weight is 394 g/mol. The summed E-state index contributed by atoms with van der Waals surface area (Å²) >= 11 is 0. The highest BCUT2D eigenvalue weighted by atomic mass is 19.3. The number of carbonyl (C=O) groups is 1. The van der Waals surface area contributed by atoms with E-state index in [0.717, 1.165) is 11.2 Å². The van der Waals surface area contributed by atoms with Gasteiger partial charge in [0.05, 0.1) is 12.7 Å². The van der Waals surface area contributed by atoms with Gasteiger partial charge in [0, 0.05) is 41.0 Å². The zero-order chi connectivity index (χ0) is 20.1. The zero-order valence-electron chi connectivity index (χ0n) is 15.1. The maximum atomic E-state index is 13.3. The summed E-state index contributed by atoms with van der Waals surface area (Å²) in [6.07, 6.45) is 3.89. The number of pyridine rings is 1. The van der Waals surface area contributed by atoms with Crippen LogP contribution < -0.4 is 10.6 Å². The molecule has 1 aromatic carbocycles. The predicted molar refractivity (Wildman–Crippen MR) is 103 cm³/mol. The van der Waals surface area contributed by atoms with E-state index in [9.17, 15) is 13.6 Å².